The van der Waals surface area contributed by atoms with Crippen LogP contribution in [0.4, 0.5) is 5.82 Å². The Hall–Kier alpha value is -2.64. The Labute approximate surface area is 172 Å². The van der Waals surface area contributed by atoms with Gasteiger partial charge in [-0.05, 0) is 43.2 Å². The Bertz CT molecular complexity index is 1090. The number of aromatic nitrogens is 2. The highest BCUT2D eigenvalue weighted by Crippen LogP contribution is 2.40. The zero-order chi connectivity index (χ0) is 20.6. The van der Waals surface area contributed by atoms with Crippen LogP contribution >= 0.6 is 0 Å². The van der Waals surface area contributed by atoms with Crippen LogP contribution in [0.15, 0.2) is 53.4 Å². The molecule has 152 valence electrons. The molecule has 1 aliphatic rings. The molecule has 0 fully saturated rings. The second kappa shape index (κ2) is 7.65. The molecule has 1 atom stereocenters. The van der Waals surface area contributed by atoms with E-state index in [1.54, 1.807) is 19.2 Å². The lowest BCUT2D eigenvalue weighted by Crippen LogP contribution is -2.32. The van der Waals surface area contributed by atoms with Crippen LogP contribution in [0, 0.1) is 6.92 Å². The molecular weight excluding hydrogens is 386 g/mol. The summed E-state index contributed by atoms with van der Waals surface area (Å²) in [5.41, 5.74) is 3.59. The molecule has 6 nitrogen and oxygen atoms in total. The van der Waals surface area contributed by atoms with Gasteiger partial charge in [0.1, 0.15) is 17.8 Å². The number of nitrogens with zero attached hydrogens (tertiary/aromatic N) is 3. The molecule has 7 heteroatoms. The highest BCUT2D eigenvalue weighted by atomic mass is 32.3. The van der Waals surface area contributed by atoms with E-state index < -0.39 is 10.2 Å². The Morgan fingerprint density at radius 2 is 1.97 bits per heavy atom. The maximum Gasteiger partial charge on any atom is 0.163 e. The van der Waals surface area contributed by atoms with Gasteiger partial charge in [-0.3, -0.25) is 0 Å². The number of benzene rings is 2. The first kappa shape index (κ1) is 19.7. The van der Waals surface area contributed by atoms with Gasteiger partial charge in [-0.15, -0.1) is 4.21 Å². The summed E-state index contributed by atoms with van der Waals surface area (Å²) in [7, 11) is -1.69. The molecule has 0 spiro atoms. The SMILES string of the molecule is COc1cccc(CN2CCCn3nc(C)c(-c4ccccc4[S+](C)(=O)[O-])c32)c1. The van der Waals surface area contributed by atoms with Gasteiger partial charge < -0.3 is 14.2 Å². The lowest BCUT2D eigenvalue weighted by Gasteiger charge is -2.31. The molecule has 0 saturated heterocycles. The van der Waals surface area contributed by atoms with Crippen molar-refractivity contribution in [3.8, 4) is 16.9 Å². The van der Waals surface area contributed by atoms with Gasteiger partial charge in [-0.25, -0.2) is 4.68 Å². The first-order valence-electron chi connectivity index (χ1n) is 9.63. The average Bonchev–Trinajstić information content (AvgIpc) is 3.04. The first-order valence-corrected chi connectivity index (χ1v) is 11.5. The van der Waals surface area contributed by atoms with Crippen LogP contribution in [-0.2, 0) is 27.5 Å². The second-order valence-electron chi connectivity index (χ2n) is 7.40. The molecule has 1 unspecified atom stereocenters. The minimum Gasteiger partial charge on any atom is -0.610 e. The molecule has 29 heavy (non-hydrogen) atoms. The molecule has 0 saturated carbocycles. The van der Waals surface area contributed by atoms with Gasteiger partial charge in [-0.2, -0.15) is 5.10 Å². The van der Waals surface area contributed by atoms with Crippen molar-refractivity contribution in [3.05, 3.63) is 59.8 Å². The molecule has 4 rings (SSSR count). The molecule has 0 radical (unpaired) electrons. The van der Waals surface area contributed by atoms with Crippen molar-refractivity contribution in [1.29, 1.82) is 0 Å². The Kier molecular flexibility index (Phi) is 5.19. The fourth-order valence-corrected chi connectivity index (χ4v) is 4.92. The van der Waals surface area contributed by atoms with Crippen molar-refractivity contribution in [1.82, 2.24) is 9.78 Å². The molecule has 2 heterocycles. The van der Waals surface area contributed by atoms with Gasteiger partial charge in [0.05, 0.1) is 28.6 Å². The predicted molar refractivity (Wildman–Crippen MR) is 114 cm³/mol. The molecule has 3 aromatic rings. The quantitative estimate of drug-likeness (QED) is 0.596. The summed E-state index contributed by atoms with van der Waals surface area (Å²) in [5.74, 6) is 1.81. The zero-order valence-corrected chi connectivity index (χ0v) is 17.7. The highest BCUT2D eigenvalue weighted by molar-refractivity contribution is 7.97. The molecule has 0 amide bonds. The van der Waals surface area contributed by atoms with E-state index >= 15 is 0 Å². The highest BCUT2D eigenvalue weighted by Gasteiger charge is 2.29. The van der Waals surface area contributed by atoms with Crippen molar-refractivity contribution in [2.45, 2.75) is 31.3 Å². The Morgan fingerprint density at radius 1 is 1.17 bits per heavy atom. The smallest absolute Gasteiger partial charge is 0.163 e. The number of rotatable bonds is 5. The second-order valence-corrected chi connectivity index (χ2v) is 9.39. The van der Waals surface area contributed by atoms with Crippen LogP contribution in [0.1, 0.15) is 17.7 Å². The molecule has 0 bridgehead atoms. The number of ether oxygens (including phenoxy) is 1. The van der Waals surface area contributed by atoms with Crippen molar-refractivity contribution >= 4 is 16.0 Å². The summed E-state index contributed by atoms with van der Waals surface area (Å²) >= 11 is 0. The minimum atomic E-state index is -3.36. The normalized spacial score (nSPS) is 15.7. The third kappa shape index (κ3) is 3.80. The van der Waals surface area contributed by atoms with E-state index in [2.05, 4.69) is 11.0 Å². The number of methoxy groups -OCH3 is 1. The summed E-state index contributed by atoms with van der Waals surface area (Å²) in [5, 5.41) is 4.73. The largest absolute Gasteiger partial charge is 0.610 e. The third-order valence-corrected chi connectivity index (χ3v) is 6.42. The lowest BCUT2D eigenvalue weighted by atomic mass is 10.0. The summed E-state index contributed by atoms with van der Waals surface area (Å²) in [6.07, 6.45) is 2.25. The maximum atomic E-state index is 12.4. The standard InChI is InChI=1S/C22H25N3O3S/c1-16-21(19-10-4-5-11-20(19)29(3,26)27)22-24(12-7-13-25(22)23-16)15-17-8-6-9-18(14-17)28-2/h4-6,8-11,14H,7,12-13,15H2,1-3H3. The maximum absolute atomic E-state index is 12.4. The number of sulfone groups is 1. The van der Waals surface area contributed by atoms with Crippen molar-refractivity contribution < 1.29 is 13.5 Å². The fourth-order valence-electron chi connectivity index (χ4n) is 4.02. The van der Waals surface area contributed by atoms with E-state index in [0.717, 1.165) is 47.9 Å². The third-order valence-electron chi connectivity index (χ3n) is 5.26. The molecular formula is C22H25N3O3S. The predicted octanol–water partition coefficient (Wildman–Crippen LogP) is 3.90. The molecule has 2 aromatic carbocycles. The monoisotopic (exact) mass is 411 g/mol. The van der Waals surface area contributed by atoms with E-state index in [4.69, 9.17) is 9.84 Å². The van der Waals surface area contributed by atoms with Gasteiger partial charge in [0.2, 0.25) is 0 Å². The van der Waals surface area contributed by atoms with Crippen LogP contribution in [0.5, 0.6) is 5.75 Å². The molecule has 0 N–H and O–H groups in total. The number of fused-ring (bicyclic) bond motifs is 1. The molecule has 0 aliphatic carbocycles. The van der Waals surface area contributed by atoms with Gasteiger partial charge in [0, 0.05) is 25.2 Å². The van der Waals surface area contributed by atoms with Gasteiger partial charge >= 0.3 is 0 Å². The van der Waals surface area contributed by atoms with Crippen molar-refractivity contribution in [2.24, 2.45) is 0 Å². The molecule has 1 aliphatic heterocycles. The van der Waals surface area contributed by atoms with E-state index in [0.29, 0.717) is 17.0 Å². The number of hydrogen-bond donors (Lipinski definition) is 0. The Morgan fingerprint density at radius 3 is 2.72 bits per heavy atom. The van der Waals surface area contributed by atoms with Gasteiger partial charge in [0.15, 0.2) is 4.90 Å². The van der Waals surface area contributed by atoms with E-state index in [-0.39, 0.29) is 0 Å². The number of anilines is 1. The lowest BCUT2D eigenvalue weighted by molar-refractivity contribution is 0.414. The van der Waals surface area contributed by atoms with Crippen molar-refractivity contribution in [2.75, 3.05) is 24.8 Å². The van der Waals surface area contributed by atoms with E-state index in [1.807, 2.05) is 41.9 Å². The average molecular weight is 412 g/mol. The first-order chi connectivity index (χ1) is 13.9. The zero-order valence-electron chi connectivity index (χ0n) is 16.9. The van der Waals surface area contributed by atoms with Crippen LogP contribution in [0.25, 0.3) is 11.1 Å². The van der Waals surface area contributed by atoms with Crippen LogP contribution < -0.4 is 9.64 Å². The van der Waals surface area contributed by atoms with Gasteiger partial charge in [0.25, 0.3) is 0 Å². The summed E-state index contributed by atoms with van der Waals surface area (Å²) < 4.78 is 32.2. The van der Waals surface area contributed by atoms with E-state index in [9.17, 15) is 8.76 Å². The minimum absolute atomic E-state index is 0.339. The summed E-state index contributed by atoms with van der Waals surface area (Å²) in [4.78, 5) is 2.62. The summed E-state index contributed by atoms with van der Waals surface area (Å²) in [6.45, 7) is 4.36. The van der Waals surface area contributed by atoms with E-state index in [1.165, 1.54) is 6.26 Å². The van der Waals surface area contributed by atoms with Crippen molar-refractivity contribution in [3.63, 3.8) is 0 Å². The fraction of sp³-hybridized carbons (Fsp3) is 0.318. The van der Waals surface area contributed by atoms with Crippen LogP contribution in [-0.4, -0.2) is 34.2 Å². The van der Waals surface area contributed by atoms with Crippen LogP contribution in [0.2, 0.25) is 0 Å². The number of aryl methyl sites for hydroxylation is 2. The number of hydrogen-bond acceptors (Lipinski definition) is 5. The molecule has 1 aromatic heterocycles. The van der Waals surface area contributed by atoms with Gasteiger partial charge in [-0.1, -0.05) is 24.3 Å². The Balaban J connectivity index is 1.82. The van der Waals surface area contributed by atoms with Crippen LogP contribution in [0.3, 0.4) is 0 Å². The summed E-state index contributed by atoms with van der Waals surface area (Å²) in [6, 6.07) is 15.2. The topological polar surface area (TPSA) is 70.4 Å².